The zero-order chi connectivity index (χ0) is 23.6. The summed E-state index contributed by atoms with van der Waals surface area (Å²) >= 11 is 11.4. The number of alkyl halides is 6. The second-order valence-corrected chi connectivity index (χ2v) is 6.59. The van der Waals surface area contributed by atoms with Crippen LogP contribution in [0.3, 0.4) is 0 Å². The van der Waals surface area contributed by atoms with Gasteiger partial charge in [-0.05, 0) is 30.3 Å². The monoisotopic (exact) mass is 490 g/mol. The molecule has 0 saturated heterocycles. The van der Waals surface area contributed by atoms with Crippen LogP contribution in [0.5, 0.6) is 5.75 Å². The molecular weight excluding hydrogens is 481 g/mol. The number of hydrogen-bond donors (Lipinski definition) is 3. The molecule has 6 nitrogen and oxygen atoms in total. The first-order valence-electron chi connectivity index (χ1n) is 7.87. The van der Waals surface area contributed by atoms with Gasteiger partial charge in [-0.1, -0.05) is 35.3 Å². The van der Waals surface area contributed by atoms with Crippen molar-refractivity contribution in [2.45, 2.75) is 18.1 Å². The van der Waals surface area contributed by atoms with Crippen LogP contribution in [0.4, 0.5) is 36.8 Å². The van der Waals surface area contributed by atoms with E-state index in [0.29, 0.717) is 6.07 Å². The largest absolute Gasteiger partial charge is 0.469 e. The summed E-state index contributed by atoms with van der Waals surface area (Å²) in [5, 5.41) is 11.8. The molecule has 2 aromatic carbocycles. The molecule has 0 heterocycles. The number of anilines is 1. The smallest absolute Gasteiger partial charge is 0.426 e. The number of rotatable bonds is 5. The number of carbonyl (C=O) groups is 2. The van der Waals surface area contributed by atoms with E-state index < -0.39 is 40.9 Å². The quantitative estimate of drug-likeness (QED) is 0.506. The van der Waals surface area contributed by atoms with E-state index in [2.05, 4.69) is 10.1 Å². The molecule has 1 atom stereocenters. The molecule has 1 unspecified atom stereocenters. The third-order valence-electron chi connectivity index (χ3n) is 3.53. The molecule has 168 valence electrons. The Morgan fingerprint density at radius 1 is 0.935 bits per heavy atom. The molecule has 3 amide bonds. The minimum atomic E-state index is -6.36. The number of benzene rings is 2. The Morgan fingerprint density at radius 3 is 2.10 bits per heavy atom. The van der Waals surface area contributed by atoms with E-state index in [0.717, 1.165) is 12.1 Å². The van der Waals surface area contributed by atoms with Gasteiger partial charge in [0.1, 0.15) is 5.75 Å². The normalized spacial score (nSPS) is 13.8. The predicted octanol–water partition coefficient (Wildman–Crippen LogP) is 5.15. The fourth-order valence-electron chi connectivity index (χ4n) is 2.01. The van der Waals surface area contributed by atoms with Gasteiger partial charge in [0.05, 0.1) is 15.6 Å². The van der Waals surface area contributed by atoms with E-state index in [1.54, 1.807) is 6.07 Å². The lowest BCUT2D eigenvalue weighted by Gasteiger charge is -2.29. The number of halogens is 8. The van der Waals surface area contributed by atoms with Crippen LogP contribution in [0.1, 0.15) is 10.4 Å². The van der Waals surface area contributed by atoms with Crippen LogP contribution in [-0.4, -0.2) is 35.2 Å². The summed E-state index contributed by atoms with van der Waals surface area (Å²) in [5.41, 5.74) is -0.219. The number of aliphatic hydroxyl groups is 1. The number of nitrogens with one attached hydrogen (secondary N) is 2. The first-order chi connectivity index (χ1) is 14.2. The average Bonchev–Trinajstić information content (AvgIpc) is 2.63. The van der Waals surface area contributed by atoms with E-state index in [-0.39, 0.29) is 16.3 Å². The molecule has 0 aliphatic rings. The van der Waals surface area contributed by atoms with Crippen molar-refractivity contribution in [3.8, 4) is 5.75 Å². The Kier molecular flexibility index (Phi) is 6.98. The summed E-state index contributed by atoms with van der Waals surface area (Å²) in [6, 6.07) is 6.88. The van der Waals surface area contributed by atoms with E-state index in [4.69, 9.17) is 28.3 Å². The van der Waals surface area contributed by atoms with E-state index in [1.807, 2.05) is 5.32 Å². The van der Waals surface area contributed by atoms with Gasteiger partial charge >= 0.3 is 24.2 Å². The van der Waals surface area contributed by atoms with E-state index in [1.165, 1.54) is 18.2 Å². The Labute approximate surface area is 179 Å². The van der Waals surface area contributed by atoms with E-state index in [9.17, 15) is 35.9 Å². The third-order valence-corrected chi connectivity index (χ3v) is 4.16. The summed E-state index contributed by atoms with van der Waals surface area (Å²) in [6.07, 6.45) is -12.1. The number of imide groups is 1. The highest BCUT2D eigenvalue weighted by Crippen LogP contribution is 2.45. The molecule has 0 saturated carbocycles. The SMILES string of the molecule is O=C(NC(=O)c1ccccc1Cl)Nc1ccc(OC(F)(F)C(O)(F)C(F)(F)F)c(Cl)c1. The Balaban J connectivity index is 2.10. The van der Waals surface area contributed by atoms with Crippen LogP contribution in [0.2, 0.25) is 10.0 Å². The lowest BCUT2D eigenvalue weighted by molar-refractivity contribution is -0.429. The van der Waals surface area contributed by atoms with Crippen molar-refractivity contribution in [2.24, 2.45) is 0 Å². The molecule has 0 radical (unpaired) electrons. The molecular formula is C17H10Cl2F6N2O4. The highest BCUT2D eigenvalue weighted by molar-refractivity contribution is 6.34. The molecule has 14 heteroatoms. The van der Waals surface area contributed by atoms with Crippen molar-refractivity contribution in [3.63, 3.8) is 0 Å². The van der Waals surface area contributed by atoms with Gasteiger partial charge in [-0.15, -0.1) is 0 Å². The molecule has 31 heavy (non-hydrogen) atoms. The summed E-state index contributed by atoms with van der Waals surface area (Å²) in [6.45, 7) is 0. The molecule has 0 aliphatic carbocycles. The average molecular weight is 491 g/mol. The molecule has 2 rings (SSSR count). The van der Waals surface area contributed by atoms with E-state index >= 15 is 0 Å². The van der Waals surface area contributed by atoms with Crippen molar-refractivity contribution in [1.29, 1.82) is 0 Å². The molecule has 3 N–H and O–H groups in total. The van der Waals surface area contributed by atoms with Crippen LogP contribution in [-0.2, 0) is 0 Å². The van der Waals surface area contributed by atoms with Crippen molar-refractivity contribution in [3.05, 3.63) is 58.1 Å². The molecule has 0 fully saturated rings. The summed E-state index contributed by atoms with van der Waals surface area (Å²) in [5.74, 6) is -8.01. The minimum absolute atomic E-state index is 0.0216. The standard InChI is InChI=1S/C17H10Cl2F6N2O4/c18-10-4-2-1-3-9(10)13(28)27-14(29)26-8-5-6-12(11(19)7-8)31-17(24,25)15(20,30)16(21,22)23/h1-7,30H,(H2,26,27,28,29). The summed E-state index contributed by atoms with van der Waals surface area (Å²) in [7, 11) is 0. The fraction of sp³-hybridized carbons (Fsp3) is 0.176. The van der Waals surface area contributed by atoms with Gasteiger partial charge in [0.15, 0.2) is 0 Å². The van der Waals surface area contributed by atoms with Gasteiger partial charge in [0.2, 0.25) is 0 Å². The molecule has 0 aromatic heterocycles. The highest BCUT2D eigenvalue weighted by atomic mass is 35.5. The number of urea groups is 1. The Morgan fingerprint density at radius 2 is 1.55 bits per heavy atom. The maximum atomic E-state index is 13.5. The van der Waals surface area contributed by atoms with Gasteiger partial charge in [-0.25, -0.2) is 4.79 Å². The molecule has 2 aromatic rings. The van der Waals surface area contributed by atoms with Gasteiger partial charge in [0.25, 0.3) is 5.91 Å². The Hall–Kier alpha value is -2.70. The summed E-state index contributed by atoms with van der Waals surface area (Å²) < 4.78 is 80.5. The van der Waals surface area contributed by atoms with Crippen molar-refractivity contribution in [1.82, 2.24) is 5.32 Å². The zero-order valence-electron chi connectivity index (χ0n) is 14.7. The van der Waals surface area contributed by atoms with Crippen LogP contribution in [0.15, 0.2) is 42.5 Å². The highest BCUT2D eigenvalue weighted by Gasteiger charge is 2.73. The van der Waals surface area contributed by atoms with Crippen LogP contribution in [0.25, 0.3) is 0 Å². The van der Waals surface area contributed by atoms with Crippen LogP contribution >= 0.6 is 23.2 Å². The summed E-state index contributed by atoms with van der Waals surface area (Å²) in [4.78, 5) is 23.9. The van der Waals surface area contributed by atoms with Gasteiger partial charge in [-0.3, -0.25) is 10.1 Å². The number of carbonyl (C=O) groups excluding carboxylic acids is 2. The second-order valence-electron chi connectivity index (χ2n) is 5.77. The van der Waals surface area contributed by atoms with Crippen LogP contribution < -0.4 is 15.4 Å². The molecule has 0 bridgehead atoms. The van der Waals surface area contributed by atoms with Gasteiger partial charge in [-0.2, -0.15) is 26.3 Å². The predicted molar refractivity (Wildman–Crippen MR) is 97.1 cm³/mol. The molecule has 0 spiro atoms. The lowest BCUT2D eigenvalue weighted by atomic mass is 10.2. The Bertz CT molecular complexity index is 1000. The maximum absolute atomic E-state index is 13.5. The zero-order valence-corrected chi connectivity index (χ0v) is 16.2. The first kappa shape index (κ1) is 24.6. The lowest BCUT2D eigenvalue weighted by Crippen LogP contribution is -2.58. The van der Waals surface area contributed by atoms with Crippen molar-refractivity contribution in [2.75, 3.05) is 5.32 Å². The number of amides is 3. The van der Waals surface area contributed by atoms with Gasteiger partial charge in [0, 0.05) is 5.69 Å². The third kappa shape index (κ3) is 5.51. The second kappa shape index (κ2) is 8.81. The van der Waals surface area contributed by atoms with Crippen LogP contribution in [0, 0.1) is 0 Å². The van der Waals surface area contributed by atoms with Gasteiger partial charge < -0.3 is 15.2 Å². The van der Waals surface area contributed by atoms with Crippen molar-refractivity contribution < 1.29 is 45.8 Å². The maximum Gasteiger partial charge on any atom is 0.469 e. The molecule has 0 aliphatic heterocycles. The number of hydrogen-bond acceptors (Lipinski definition) is 4. The van der Waals surface area contributed by atoms with Crippen molar-refractivity contribution >= 4 is 40.8 Å². The first-order valence-corrected chi connectivity index (χ1v) is 8.62. The topological polar surface area (TPSA) is 87.7 Å². The number of ether oxygens (including phenoxy) is 1. The fourth-order valence-corrected chi connectivity index (χ4v) is 2.45. The minimum Gasteiger partial charge on any atom is -0.426 e.